The maximum absolute atomic E-state index is 13.2. The van der Waals surface area contributed by atoms with E-state index in [1.54, 1.807) is 0 Å². The summed E-state index contributed by atoms with van der Waals surface area (Å²) in [7, 11) is 0. The van der Waals surface area contributed by atoms with Gasteiger partial charge in [-0.25, -0.2) is 4.79 Å². The predicted molar refractivity (Wildman–Crippen MR) is 142 cm³/mol. The standard InChI is InChI=1S/C29H50N4O2/c1-4-5-6-7-8-9-14-30-28(35)33(22-24-12-13-25-21-26(24)29(25,2)3)20-17-31-15-18-32(19-16-31)27(34)23-10-11-23/h12,23,25-26H,4-11,13-22H2,1-3H3,(H,30,35). The van der Waals surface area contributed by atoms with E-state index in [-0.39, 0.29) is 6.03 Å². The molecule has 0 aromatic rings. The lowest BCUT2D eigenvalue weighted by Gasteiger charge is -2.57. The van der Waals surface area contributed by atoms with E-state index in [9.17, 15) is 9.59 Å². The Morgan fingerprint density at radius 2 is 1.77 bits per heavy atom. The number of piperazine rings is 1. The van der Waals surface area contributed by atoms with Gasteiger partial charge in [-0.2, -0.15) is 0 Å². The number of urea groups is 1. The molecule has 6 nitrogen and oxygen atoms in total. The van der Waals surface area contributed by atoms with Crippen LogP contribution in [0, 0.1) is 23.2 Å². The number of allylic oxidation sites excluding steroid dienone is 1. The summed E-state index contributed by atoms with van der Waals surface area (Å²) in [4.78, 5) is 32.2. The summed E-state index contributed by atoms with van der Waals surface area (Å²) in [6.07, 6.45) is 14.5. The van der Waals surface area contributed by atoms with Crippen molar-refractivity contribution in [1.29, 1.82) is 0 Å². The van der Waals surface area contributed by atoms with Gasteiger partial charge in [0, 0.05) is 58.3 Å². The maximum Gasteiger partial charge on any atom is 0.317 e. The predicted octanol–water partition coefficient (Wildman–Crippen LogP) is 4.91. The highest BCUT2D eigenvalue weighted by Crippen LogP contribution is 2.59. The molecule has 2 unspecified atom stereocenters. The average Bonchev–Trinajstić information content (AvgIpc) is 3.71. The van der Waals surface area contributed by atoms with E-state index < -0.39 is 0 Å². The second-order valence-electron chi connectivity index (χ2n) is 12.2. The van der Waals surface area contributed by atoms with Gasteiger partial charge in [0.15, 0.2) is 0 Å². The zero-order valence-electron chi connectivity index (χ0n) is 22.7. The van der Waals surface area contributed by atoms with Crippen molar-refractivity contribution >= 4 is 11.9 Å². The number of carbonyl (C=O) groups is 2. The number of hydrogen-bond acceptors (Lipinski definition) is 3. The molecular formula is C29H50N4O2. The molecule has 5 aliphatic rings. The number of nitrogens with one attached hydrogen (secondary N) is 1. The first-order valence-electron chi connectivity index (χ1n) is 14.6. The van der Waals surface area contributed by atoms with Crippen LogP contribution in [0.25, 0.3) is 0 Å². The van der Waals surface area contributed by atoms with E-state index in [0.29, 0.717) is 23.2 Å². The number of amides is 3. The monoisotopic (exact) mass is 486 g/mol. The summed E-state index contributed by atoms with van der Waals surface area (Å²) in [6, 6.07) is 0.0984. The SMILES string of the molecule is CCCCCCCCNC(=O)N(CCN1CCN(C(=O)C2CC2)CC1)CC1=CCC2CC1C2(C)C. The summed E-state index contributed by atoms with van der Waals surface area (Å²) in [5.74, 6) is 2.13. The van der Waals surface area contributed by atoms with Crippen LogP contribution < -0.4 is 5.32 Å². The number of fused-ring (bicyclic) bond motifs is 1. The second-order valence-corrected chi connectivity index (χ2v) is 12.2. The minimum absolute atomic E-state index is 0.0984. The molecule has 0 aromatic heterocycles. The van der Waals surface area contributed by atoms with Crippen LogP contribution in [0.2, 0.25) is 0 Å². The van der Waals surface area contributed by atoms with Gasteiger partial charge in [-0.05, 0) is 49.4 Å². The van der Waals surface area contributed by atoms with Crippen molar-refractivity contribution in [1.82, 2.24) is 20.0 Å². The molecule has 3 amide bonds. The molecule has 4 aliphatic carbocycles. The van der Waals surface area contributed by atoms with Gasteiger partial charge in [0.2, 0.25) is 5.91 Å². The van der Waals surface area contributed by atoms with Crippen LogP contribution >= 0.6 is 0 Å². The van der Waals surface area contributed by atoms with Gasteiger partial charge in [0.05, 0.1) is 0 Å². The highest BCUT2D eigenvalue weighted by molar-refractivity contribution is 5.81. The quantitative estimate of drug-likeness (QED) is 0.297. The molecule has 0 radical (unpaired) electrons. The molecule has 1 heterocycles. The Labute approximate surface area is 213 Å². The normalized spacial score (nSPS) is 25.6. The van der Waals surface area contributed by atoms with E-state index in [2.05, 4.69) is 46.9 Å². The third-order valence-electron chi connectivity index (χ3n) is 9.35. The van der Waals surface area contributed by atoms with Crippen LogP contribution in [0.1, 0.15) is 85.0 Å². The lowest BCUT2D eigenvalue weighted by Crippen LogP contribution is -2.53. The van der Waals surface area contributed by atoms with Gasteiger partial charge in [0.25, 0.3) is 0 Å². The van der Waals surface area contributed by atoms with Gasteiger partial charge < -0.3 is 15.1 Å². The fraction of sp³-hybridized carbons (Fsp3) is 0.862. The highest BCUT2D eigenvalue weighted by atomic mass is 16.2. The van der Waals surface area contributed by atoms with Crippen LogP contribution in [-0.2, 0) is 4.79 Å². The Morgan fingerprint density at radius 3 is 2.43 bits per heavy atom. The second kappa shape index (κ2) is 12.1. The lowest BCUT2D eigenvalue weighted by atomic mass is 9.49. The topological polar surface area (TPSA) is 55.9 Å². The molecule has 35 heavy (non-hydrogen) atoms. The minimum Gasteiger partial charge on any atom is -0.340 e. The van der Waals surface area contributed by atoms with Gasteiger partial charge in [-0.1, -0.05) is 64.5 Å². The Balaban J connectivity index is 1.25. The largest absolute Gasteiger partial charge is 0.340 e. The first-order chi connectivity index (χ1) is 16.9. The third-order valence-corrected chi connectivity index (χ3v) is 9.35. The third kappa shape index (κ3) is 6.81. The van der Waals surface area contributed by atoms with Gasteiger partial charge in [-0.3, -0.25) is 9.69 Å². The number of rotatable bonds is 13. The molecule has 2 saturated carbocycles. The van der Waals surface area contributed by atoms with Crippen molar-refractivity contribution < 1.29 is 9.59 Å². The Kier molecular flexibility index (Phi) is 9.18. The van der Waals surface area contributed by atoms with Gasteiger partial charge >= 0.3 is 6.03 Å². The van der Waals surface area contributed by atoms with E-state index in [1.165, 1.54) is 50.5 Å². The lowest BCUT2D eigenvalue weighted by molar-refractivity contribution is -0.134. The zero-order valence-corrected chi connectivity index (χ0v) is 22.7. The molecule has 2 atom stereocenters. The number of hydrogen-bond donors (Lipinski definition) is 1. The fourth-order valence-electron chi connectivity index (χ4n) is 6.38. The van der Waals surface area contributed by atoms with Crippen LogP contribution in [0.4, 0.5) is 4.79 Å². The summed E-state index contributed by atoms with van der Waals surface area (Å²) in [5.41, 5.74) is 1.86. The minimum atomic E-state index is 0.0984. The van der Waals surface area contributed by atoms with Crippen molar-refractivity contribution in [2.45, 2.75) is 85.0 Å². The van der Waals surface area contributed by atoms with Crippen LogP contribution in [0.3, 0.4) is 0 Å². The number of nitrogens with zero attached hydrogens (tertiary/aromatic N) is 3. The Morgan fingerprint density at radius 1 is 1.06 bits per heavy atom. The maximum atomic E-state index is 13.2. The fourth-order valence-corrected chi connectivity index (χ4v) is 6.38. The molecule has 0 aromatic carbocycles. The van der Waals surface area contributed by atoms with Crippen molar-refractivity contribution in [3.63, 3.8) is 0 Å². The highest BCUT2D eigenvalue weighted by Gasteiger charge is 2.51. The summed E-state index contributed by atoms with van der Waals surface area (Å²) in [5, 5.41) is 3.23. The van der Waals surface area contributed by atoms with Crippen LogP contribution in [-0.4, -0.2) is 79.0 Å². The van der Waals surface area contributed by atoms with E-state index >= 15 is 0 Å². The van der Waals surface area contributed by atoms with E-state index in [1.807, 2.05) is 0 Å². The van der Waals surface area contributed by atoms with Crippen molar-refractivity contribution in [3.8, 4) is 0 Å². The molecule has 3 fully saturated rings. The van der Waals surface area contributed by atoms with Crippen molar-refractivity contribution in [2.75, 3.05) is 52.4 Å². The average molecular weight is 487 g/mol. The summed E-state index contributed by atoms with van der Waals surface area (Å²) < 4.78 is 0. The molecule has 1 N–H and O–H groups in total. The molecule has 5 rings (SSSR count). The van der Waals surface area contributed by atoms with E-state index in [0.717, 1.165) is 77.5 Å². The number of carbonyl (C=O) groups excluding carboxylic acids is 2. The molecule has 6 heteroatoms. The van der Waals surface area contributed by atoms with Crippen molar-refractivity contribution in [3.05, 3.63) is 11.6 Å². The van der Waals surface area contributed by atoms with Gasteiger partial charge in [-0.15, -0.1) is 0 Å². The van der Waals surface area contributed by atoms with Gasteiger partial charge in [0.1, 0.15) is 0 Å². The molecule has 1 saturated heterocycles. The molecule has 0 spiro atoms. The first kappa shape index (κ1) is 26.5. The van der Waals surface area contributed by atoms with Crippen LogP contribution in [0.15, 0.2) is 11.6 Å². The molecular weight excluding hydrogens is 436 g/mol. The Hall–Kier alpha value is -1.56. The van der Waals surface area contributed by atoms with Crippen LogP contribution in [0.5, 0.6) is 0 Å². The first-order valence-corrected chi connectivity index (χ1v) is 14.6. The molecule has 198 valence electrons. The number of unbranched alkanes of at least 4 members (excludes halogenated alkanes) is 5. The Bertz CT molecular complexity index is 752. The smallest absolute Gasteiger partial charge is 0.317 e. The zero-order chi connectivity index (χ0) is 24.8. The van der Waals surface area contributed by atoms with E-state index in [4.69, 9.17) is 0 Å². The molecule has 2 bridgehead atoms. The molecule has 1 aliphatic heterocycles. The van der Waals surface area contributed by atoms with Crippen molar-refractivity contribution in [2.24, 2.45) is 23.2 Å². The summed E-state index contributed by atoms with van der Waals surface area (Å²) >= 11 is 0. The summed E-state index contributed by atoms with van der Waals surface area (Å²) in [6.45, 7) is 13.8.